The number of carbonyl (C=O) groups excluding carboxylic acids is 2. The van der Waals surface area contributed by atoms with Gasteiger partial charge in [-0.15, -0.1) is 0 Å². The number of benzene rings is 1. The number of hydrogen-bond acceptors (Lipinski definition) is 6. The number of amides is 2. The summed E-state index contributed by atoms with van der Waals surface area (Å²) in [7, 11) is 0. The van der Waals surface area contributed by atoms with Crippen molar-refractivity contribution in [3.63, 3.8) is 0 Å². The number of aromatic nitrogens is 1. The quantitative estimate of drug-likeness (QED) is 0.787. The Bertz CT molecular complexity index is 972. The molecule has 1 fully saturated rings. The van der Waals surface area contributed by atoms with E-state index in [1.807, 2.05) is 0 Å². The minimum absolute atomic E-state index is 0.0673. The van der Waals surface area contributed by atoms with Crippen LogP contribution in [0.15, 0.2) is 47.7 Å². The van der Waals surface area contributed by atoms with Gasteiger partial charge in [0, 0.05) is 25.7 Å². The molecular formula is C21H23FN6O2. The van der Waals surface area contributed by atoms with Crippen molar-refractivity contribution in [1.82, 2.24) is 4.98 Å². The Hall–Kier alpha value is -3.49. The summed E-state index contributed by atoms with van der Waals surface area (Å²) in [6, 6.07) is 8.26. The van der Waals surface area contributed by atoms with E-state index in [9.17, 15) is 14.0 Å². The molecule has 4 rings (SSSR count). The van der Waals surface area contributed by atoms with Gasteiger partial charge < -0.3 is 16.0 Å². The lowest BCUT2D eigenvalue weighted by Gasteiger charge is -2.29. The number of rotatable bonds is 5. The van der Waals surface area contributed by atoms with Gasteiger partial charge in [-0.1, -0.05) is 0 Å². The van der Waals surface area contributed by atoms with Gasteiger partial charge in [0.15, 0.2) is 5.82 Å². The van der Waals surface area contributed by atoms with Gasteiger partial charge in [0.05, 0.1) is 11.4 Å². The predicted molar refractivity (Wildman–Crippen MR) is 113 cm³/mol. The van der Waals surface area contributed by atoms with Crippen molar-refractivity contribution in [2.24, 2.45) is 10.8 Å². The predicted octanol–water partition coefficient (Wildman–Crippen LogP) is 2.27. The average molecular weight is 410 g/mol. The van der Waals surface area contributed by atoms with Crippen LogP contribution in [0.3, 0.4) is 0 Å². The van der Waals surface area contributed by atoms with Gasteiger partial charge in [-0.2, -0.15) is 5.10 Å². The van der Waals surface area contributed by atoms with Crippen molar-refractivity contribution in [3.05, 3.63) is 48.4 Å². The van der Waals surface area contributed by atoms with Gasteiger partial charge in [-0.05, 0) is 55.7 Å². The number of pyridine rings is 1. The molecule has 1 aromatic heterocycles. The molecule has 3 N–H and O–H groups in total. The van der Waals surface area contributed by atoms with Gasteiger partial charge >= 0.3 is 0 Å². The second-order valence-corrected chi connectivity index (χ2v) is 7.37. The fourth-order valence-corrected chi connectivity index (χ4v) is 3.75. The molecule has 0 aliphatic carbocycles. The standard InChI is InChI=1S/C21H23FN6O2/c22-14-6-8-15(9-7-14)28-18(19(23)29)13-17(26-28)21(30)25-16-5-4-10-24-20(16)27-11-2-1-3-12-27/h4-10,18H,1-3,11-13H2,(H2,23,29)(H,25,30). The third-order valence-electron chi connectivity index (χ3n) is 5.28. The van der Waals surface area contributed by atoms with Crippen molar-refractivity contribution < 1.29 is 14.0 Å². The zero-order chi connectivity index (χ0) is 21.1. The second kappa shape index (κ2) is 8.48. The molecule has 1 atom stereocenters. The van der Waals surface area contributed by atoms with Gasteiger partial charge in [0.2, 0.25) is 5.91 Å². The van der Waals surface area contributed by atoms with Crippen molar-refractivity contribution in [2.45, 2.75) is 31.7 Å². The molecule has 156 valence electrons. The fraction of sp³-hybridized carbons (Fsp3) is 0.333. The number of primary amides is 1. The maximum atomic E-state index is 13.2. The van der Waals surface area contributed by atoms with Crippen LogP contribution in [-0.2, 0) is 9.59 Å². The molecule has 30 heavy (non-hydrogen) atoms. The molecule has 1 saturated heterocycles. The maximum absolute atomic E-state index is 13.2. The third-order valence-corrected chi connectivity index (χ3v) is 5.28. The molecule has 2 aromatic rings. The first-order valence-corrected chi connectivity index (χ1v) is 9.96. The summed E-state index contributed by atoms with van der Waals surface area (Å²) in [4.78, 5) is 31.5. The summed E-state index contributed by atoms with van der Waals surface area (Å²) in [5.41, 5.74) is 6.78. The second-order valence-electron chi connectivity index (χ2n) is 7.37. The molecule has 1 aromatic carbocycles. The number of nitrogens with zero attached hydrogens (tertiary/aromatic N) is 4. The first-order valence-electron chi connectivity index (χ1n) is 9.96. The normalized spacial score (nSPS) is 18.8. The van der Waals surface area contributed by atoms with Crippen LogP contribution in [0.2, 0.25) is 0 Å². The Kier molecular flexibility index (Phi) is 5.60. The van der Waals surface area contributed by atoms with E-state index in [0.717, 1.165) is 31.7 Å². The van der Waals surface area contributed by atoms with Crippen LogP contribution in [0.4, 0.5) is 21.6 Å². The van der Waals surface area contributed by atoms with Crippen LogP contribution < -0.4 is 21.0 Å². The highest BCUT2D eigenvalue weighted by Gasteiger charge is 2.35. The molecule has 2 amide bonds. The molecule has 0 spiro atoms. The van der Waals surface area contributed by atoms with E-state index in [0.29, 0.717) is 11.4 Å². The SMILES string of the molecule is NC(=O)C1CC(C(=O)Nc2cccnc2N2CCCCC2)=NN1c1ccc(F)cc1. The van der Waals surface area contributed by atoms with E-state index in [2.05, 4.69) is 20.3 Å². The molecular weight excluding hydrogens is 387 g/mol. The van der Waals surface area contributed by atoms with Crippen LogP contribution in [0.1, 0.15) is 25.7 Å². The number of halogens is 1. The van der Waals surface area contributed by atoms with Crippen molar-refractivity contribution in [1.29, 1.82) is 0 Å². The van der Waals surface area contributed by atoms with E-state index in [4.69, 9.17) is 5.73 Å². The number of piperidine rings is 1. The number of nitrogens with two attached hydrogens (primary N) is 1. The summed E-state index contributed by atoms with van der Waals surface area (Å²) < 4.78 is 13.2. The Morgan fingerprint density at radius 3 is 2.53 bits per heavy atom. The van der Waals surface area contributed by atoms with E-state index < -0.39 is 23.7 Å². The smallest absolute Gasteiger partial charge is 0.272 e. The summed E-state index contributed by atoms with van der Waals surface area (Å²) >= 11 is 0. The highest BCUT2D eigenvalue weighted by molar-refractivity contribution is 6.44. The van der Waals surface area contributed by atoms with Crippen LogP contribution in [0.5, 0.6) is 0 Å². The Morgan fingerprint density at radius 1 is 1.10 bits per heavy atom. The minimum Gasteiger partial charge on any atom is -0.368 e. The summed E-state index contributed by atoms with van der Waals surface area (Å²) in [6.45, 7) is 1.78. The number of hydrazone groups is 1. The number of nitrogens with one attached hydrogen (secondary N) is 1. The van der Waals surface area contributed by atoms with Crippen LogP contribution in [0, 0.1) is 5.82 Å². The molecule has 3 heterocycles. The van der Waals surface area contributed by atoms with Crippen molar-refractivity contribution in [3.8, 4) is 0 Å². The number of carbonyl (C=O) groups is 2. The maximum Gasteiger partial charge on any atom is 0.272 e. The number of hydrogen-bond donors (Lipinski definition) is 2. The lowest BCUT2D eigenvalue weighted by Crippen LogP contribution is -2.39. The highest BCUT2D eigenvalue weighted by atomic mass is 19.1. The Balaban J connectivity index is 1.55. The van der Waals surface area contributed by atoms with Crippen LogP contribution in [0.25, 0.3) is 0 Å². The molecule has 2 aliphatic heterocycles. The first kappa shape index (κ1) is 19.8. The van der Waals surface area contributed by atoms with Crippen molar-refractivity contribution in [2.75, 3.05) is 28.3 Å². The van der Waals surface area contributed by atoms with Gasteiger partial charge in [-0.25, -0.2) is 9.37 Å². The zero-order valence-electron chi connectivity index (χ0n) is 16.4. The topological polar surface area (TPSA) is 104 Å². The highest BCUT2D eigenvalue weighted by Crippen LogP contribution is 2.28. The van der Waals surface area contributed by atoms with Gasteiger partial charge in [0.25, 0.3) is 5.91 Å². The number of anilines is 3. The molecule has 9 heteroatoms. The lowest BCUT2D eigenvalue weighted by atomic mass is 10.1. The minimum atomic E-state index is -0.813. The summed E-state index contributed by atoms with van der Waals surface area (Å²) in [5.74, 6) is -0.707. The molecule has 0 saturated carbocycles. The van der Waals surface area contributed by atoms with E-state index >= 15 is 0 Å². The van der Waals surface area contributed by atoms with E-state index in [1.54, 1.807) is 18.3 Å². The monoisotopic (exact) mass is 410 g/mol. The summed E-state index contributed by atoms with van der Waals surface area (Å²) in [6.07, 6.45) is 5.13. The van der Waals surface area contributed by atoms with Gasteiger partial charge in [-0.3, -0.25) is 14.6 Å². The Labute approximate surface area is 173 Å². The fourth-order valence-electron chi connectivity index (χ4n) is 3.75. The van der Waals surface area contributed by atoms with Gasteiger partial charge in [0.1, 0.15) is 17.6 Å². The first-order chi connectivity index (χ1) is 14.5. The van der Waals surface area contributed by atoms with Crippen LogP contribution in [-0.4, -0.2) is 41.6 Å². The molecule has 8 nitrogen and oxygen atoms in total. The van der Waals surface area contributed by atoms with E-state index in [1.165, 1.54) is 35.7 Å². The largest absolute Gasteiger partial charge is 0.368 e. The molecule has 0 bridgehead atoms. The van der Waals surface area contributed by atoms with E-state index in [-0.39, 0.29) is 12.1 Å². The molecule has 1 unspecified atom stereocenters. The third kappa shape index (κ3) is 4.10. The van der Waals surface area contributed by atoms with Crippen LogP contribution >= 0.6 is 0 Å². The van der Waals surface area contributed by atoms with Crippen molar-refractivity contribution >= 4 is 34.7 Å². The summed E-state index contributed by atoms with van der Waals surface area (Å²) in [5, 5.41) is 8.55. The zero-order valence-corrected chi connectivity index (χ0v) is 16.4. The molecule has 2 aliphatic rings. The lowest BCUT2D eigenvalue weighted by molar-refractivity contribution is -0.119. The average Bonchev–Trinajstić information content (AvgIpc) is 3.21. The Morgan fingerprint density at radius 2 is 1.83 bits per heavy atom. The molecule has 0 radical (unpaired) electrons.